The summed E-state index contributed by atoms with van der Waals surface area (Å²) in [7, 11) is 0. The maximum atomic E-state index is 9.01. The van der Waals surface area contributed by atoms with E-state index in [1.54, 1.807) is 0 Å². The van der Waals surface area contributed by atoms with Crippen molar-refractivity contribution in [2.45, 2.75) is 26.9 Å². The highest BCUT2D eigenvalue weighted by molar-refractivity contribution is 5.66. The third kappa shape index (κ3) is 2.53. The van der Waals surface area contributed by atoms with Crippen molar-refractivity contribution in [3.63, 3.8) is 0 Å². The van der Waals surface area contributed by atoms with Crippen LogP contribution >= 0.6 is 0 Å². The molecule has 17 heavy (non-hydrogen) atoms. The van der Waals surface area contributed by atoms with Gasteiger partial charge in [-0.1, -0.05) is 37.3 Å². The molecule has 2 rings (SSSR count). The van der Waals surface area contributed by atoms with Crippen molar-refractivity contribution >= 4 is 0 Å². The number of hydrogen-bond donors (Lipinski definition) is 1. The van der Waals surface area contributed by atoms with E-state index in [4.69, 9.17) is 5.11 Å². The molecule has 0 amide bonds. The lowest BCUT2D eigenvalue weighted by molar-refractivity contribution is 0.282. The number of aryl methyl sites for hydroxylation is 2. The average molecular weight is 227 g/mol. The Labute approximate surface area is 102 Å². The van der Waals surface area contributed by atoms with Gasteiger partial charge >= 0.3 is 0 Å². The molecule has 1 N–H and O–H groups in total. The molecule has 0 radical (unpaired) electrons. The van der Waals surface area contributed by atoms with Crippen LogP contribution in [0.3, 0.4) is 0 Å². The second-order valence-electron chi connectivity index (χ2n) is 4.14. The Morgan fingerprint density at radius 1 is 1.06 bits per heavy atom. The van der Waals surface area contributed by atoms with E-state index in [-0.39, 0.29) is 6.61 Å². The van der Waals surface area contributed by atoms with Gasteiger partial charge in [-0.25, -0.2) is 0 Å². The molecule has 0 saturated heterocycles. The molecule has 2 nitrogen and oxygen atoms in total. The van der Waals surface area contributed by atoms with Gasteiger partial charge in [-0.15, -0.1) is 0 Å². The SMILES string of the molecule is CCc1ccc(-c2ccc(CO)cc2)c(C)n1. The summed E-state index contributed by atoms with van der Waals surface area (Å²) in [6, 6.07) is 12.1. The molecule has 0 bridgehead atoms. The summed E-state index contributed by atoms with van der Waals surface area (Å²) in [6.45, 7) is 4.23. The van der Waals surface area contributed by atoms with E-state index in [9.17, 15) is 0 Å². The molecule has 2 heteroatoms. The Morgan fingerprint density at radius 2 is 1.76 bits per heavy atom. The normalized spacial score (nSPS) is 10.5. The number of aliphatic hydroxyl groups is 1. The maximum absolute atomic E-state index is 9.01. The highest BCUT2D eigenvalue weighted by Gasteiger charge is 2.03. The summed E-state index contributed by atoms with van der Waals surface area (Å²) in [6.07, 6.45) is 0.963. The first-order valence-corrected chi connectivity index (χ1v) is 5.91. The highest BCUT2D eigenvalue weighted by atomic mass is 16.3. The van der Waals surface area contributed by atoms with E-state index >= 15 is 0 Å². The topological polar surface area (TPSA) is 33.1 Å². The molecule has 0 atom stereocenters. The number of benzene rings is 1. The standard InChI is InChI=1S/C15H17NO/c1-3-14-8-9-15(11(2)16-14)13-6-4-12(10-17)5-7-13/h4-9,17H,3,10H2,1-2H3. The Hall–Kier alpha value is -1.67. The van der Waals surface area contributed by atoms with E-state index in [0.717, 1.165) is 34.5 Å². The van der Waals surface area contributed by atoms with E-state index in [1.165, 1.54) is 0 Å². The van der Waals surface area contributed by atoms with Crippen LogP contribution in [-0.4, -0.2) is 10.1 Å². The van der Waals surface area contributed by atoms with Gasteiger partial charge in [-0.2, -0.15) is 0 Å². The Kier molecular flexibility index (Phi) is 3.55. The molecular weight excluding hydrogens is 210 g/mol. The van der Waals surface area contributed by atoms with Crippen molar-refractivity contribution in [1.82, 2.24) is 4.98 Å². The lowest BCUT2D eigenvalue weighted by Crippen LogP contribution is -1.93. The van der Waals surface area contributed by atoms with E-state index in [2.05, 4.69) is 24.0 Å². The average Bonchev–Trinajstić information content (AvgIpc) is 2.39. The van der Waals surface area contributed by atoms with Gasteiger partial charge in [0.25, 0.3) is 0 Å². The molecule has 0 aliphatic carbocycles. The number of rotatable bonds is 3. The molecule has 0 unspecified atom stereocenters. The molecule has 0 aliphatic rings. The molecule has 1 heterocycles. The fraction of sp³-hybridized carbons (Fsp3) is 0.267. The molecule has 2 aromatic rings. The van der Waals surface area contributed by atoms with Crippen LogP contribution in [0.5, 0.6) is 0 Å². The molecule has 1 aromatic carbocycles. The molecular formula is C15H17NO. The fourth-order valence-corrected chi connectivity index (χ4v) is 1.90. The minimum absolute atomic E-state index is 0.0896. The zero-order valence-electron chi connectivity index (χ0n) is 10.3. The zero-order chi connectivity index (χ0) is 12.3. The van der Waals surface area contributed by atoms with E-state index in [1.807, 2.05) is 31.2 Å². The number of hydrogen-bond acceptors (Lipinski definition) is 2. The number of aromatic nitrogens is 1. The highest BCUT2D eigenvalue weighted by Crippen LogP contribution is 2.23. The van der Waals surface area contributed by atoms with E-state index in [0.29, 0.717) is 0 Å². The third-order valence-electron chi connectivity index (χ3n) is 2.95. The first-order chi connectivity index (χ1) is 8.24. The lowest BCUT2D eigenvalue weighted by Gasteiger charge is -2.07. The number of nitrogens with zero attached hydrogens (tertiary/aromatic N) is 1. The third-order valence-corrected chi connectivity index (χ3v) is 2.95. The largest absolute Gasteiger partial charge is 0.392 e. The van der Waals surface area contributed by atoms with Crippen molar-refractivity contribution in [2.24, 2.45) is 0 Å². The van der Waals surface area contributed by atoms with Gasteiger partial charge in [-0.05, 0) is 30.5 Å². The molecule has 0 aliphatic heterocycles. The summed E-state index contributed by atoms with van der Waals surface area (Å²) >= 11 is 0. The van der Waals surface area contributed by atoms with Crippen LogP contribution in [-0.2, 0) is 13.0 Å². The first-order valence-electron chi connectivity index (χ1n) is 5.91. The fourth-order valence-electron chi connectivity index (χ4n) is 1.90. The monoisotopic (exact) mass is 227 g/mol. The van der Waals surface area contributed by atoms with Gasteiger partial charge in [0, 0.05) is 17.0 Å². The lowest BCUT2D eigenvalue weighted by atomic mass is 10.0. The Balaban J connectivity index is 2.38. The maximum Gasteiger partial charge on any atom is 0.0681 e. The first kappa shape index (κ1) is 11.8. The van der Waals surface area contributed by atoms with Gasteiger partial charge in [0.05, 0.1) is 6.61 Å². The Morgan fingerprint density at radius 3 is 2.29 bits per heavy atom. The molecule has 0 saturated carbocycles. The van der Waals surface area contributed by atoms with Gasteiger partial charge in [0.1, 0.15) is 0 Å². The van der Waals surface area contributed by atoms with Gasteiger partial charge < -0.3 is 5.11 Å². The summed E-state index contributed by atoms with van der Waals surface area (Å²) in [5, 5.41) is 9.01. The number of aliphatic hydroxyl groups excluding tert-OH is 1. The summed E-state index contributed by atoms with van der Waals surface area (Å²) in [5.74, 6) is 0. The van der Waals surface area contributed by atoms with Crippen LogP contribution in [0.1, 0.15) is 23.9 Å². The summed E-state index contributed by atoms with van der Waals surface area (Å²) in [4.78, 5) is 4.56. The van der Waals surface area contributed by atoms with Crippen molar-refractivity contribution in [3.8, 4) is 11.1 Å². The van der Waals surface area contributed by atoms with Crippen LogP contribution < -0.4 is 0 Å². The van der Waals surface area contributed by atoms with Crippen LogP contribution in [0, 0.1) is 6.92 Å². The second-order valence-corrected chi connectivity index (χ2v) is 4.14. The van der Waals surface area contributed by atoms with Crippen molar-refractivity contribution in [2.75, 3.05) is 0 Å². The minimum atomic E-state index is 0.0896. The molecule has 0 spiro atoms. The van der Waals surface area contributed by atoms with Crippen LogP contribution in [0.4, 0.5) is 0 Å². The summed E-state index contributed by atoms with van der Waals surface area (Å²) < 4.78 is 0. The Bertz CT molecular complexity index is 503. The van der Waals surface area contributed by atoms with Crippen LogP contribution in [0.15, 0.2) is 36.4 Å². The quantitative estimate of drug-likeness (QED) is 0.874. The van der Waals surface area contributed by atoms with Gasteiger partial charge in [-0.3, -0.25) is 4.98 Å². The van der Waals surface area contributed by atoms with Gasteiger partial charge in [0.2, 0.25) is 0 Å². The molecule has 88 valence electrons. The zero-order valence-corrected chi connectivity index (χ0v) is 10.3. The number of pyridine rings is 1. The predicted molar refractivity (Wildman–Crippen MR) is 69.7 cm³/mol. The second kappa shape index (κ2) is 5.11. The van der Waals surface area contributed by atoms with Crippen LogP contribution in [0.2, 0.25) is 0 Å². The van der Waals surface area contributed by atoms with Crippen molar-refractivity contribution < 1.29 is 5.11 Å². The predicted octanol–water partition coefficient (Wildman–Crippen LogP) is 3.11. The van der Waals surface area contributed by atoms with E-state index < -0.39 is 0 Å². The minimum Gasteiger partial charge on any atom is -0.392 e. The van der Waals surface area contributed by atoms with Crippen molar-refractivity contribution in [1.29, 1.82) is 0 Å². The summed E-state index contributed by atoms with van der Waals surface area (Å²) in [5.41, 5.74) is 5.42. The smallest absolute Gasteiger partial charge is 0.0681 e. The molecule has 1 aromatic heterocycles. The van der Waals surface area contributed by atoms with Gasteiger partial charge in [0.15, 0.2) is 0 Å². The van der Waals surface area contributed by atoms with Crippen molar-refractivity contribution in [3.05, 3.63) is 53.3 Å². The molecule has 0 fully saturated rings. The van der Waals surface area contributed by atoms with Crippen LogP contribution in [0.25, 0.3) is 11.1 Å².